The van der Waals surface area contributed by atoms with Gasteiger partial charge in [-0.05, 0) is 49.4 Å². The average molecular weight is 338 g/mol. The number of methoxy groups -OCH3 is 2. The summed E-state index contributed by atoms with van der Waals surface area (Å²) in [7, 11) is 3.18. The largest absolute Gasteiger partial charge is 0.497 e. The first-order valence-corrected chi connectivity index (χ1v) is 7.66. The molecule has 0 atom stereocenters. The van der Waals surface area contributed by atoms with Crippen LogP contribution in [0.2, 0.25) is 0 Å². The zero-order chi connectivity index (χ0) is 18.0. The second-order valence-electron chi connectivity index (χ2n) is 5.53. The SMILES string of the molecule is COc1ccc(-n2nc(C(=O)O)cc2-c2cc(C)ccc2OC)cc1. The number of ether oxygens (including phenoxy) is 2. The molecule has 0 aliphatic rings. The van der Waals surface area contributed by atoms with E-state index in [1.54, 1.807) is 37.1 Å². The van der Waals surface area contributed by atoms with Crippen LogP contribution in [0.3, 0.4) is 0 Å². The fourth-order valence-electron chi connectivity index (χ4n) is 2.62. The number of hydrogen-bond donors (Lipinski definition) is 1. The normalized spacial score (nSPS) is 10.5. The first-order chi connectivity index (χ1) is 12.0. The molecule has 0 aliphatic heterocycles. The summed E-state index contributed by atoms with van der Waals surface area (Å²) in [4.78, 5) is 11.4. The lowest BCUT2D eigenvalue weighted by Crippen LogP contribution is -2.03. The summed E-state index contributed by atoms with van der Waals surface area (Å²) in [5.41, 5.74) is 3.15. The molecule has 3 rings (SSSR count). The predicted octanol–water partition coefficient (Wildman–Crippen LogP) is 3.56. The van der Waals surface area contributed by atoms with Crippen LogP contribution in [0.25, 0.3) is 16.9 Å². The number of nitrogens with zero attached hydrogens (tertiary/aromatic N) is 2. The van der Waals surface area contributed by atoms with E-state index in [0.717, 1.165) is 16.8 Å². The number of carboxylic acid groups (broad SMARTS) is 1. The minimum Gasteiger partial charge on any atom is -0.497 e. The molecule has 1 heterocycles. The van der Waals surface area contributed by atoms with Crippen LogP contribution in [0.4, 0.5) is 0 Å². The number of aromatic nitrogens is 2. The van der Waals surface area contributed by atoms with Gasteiger partial charge in [-0.15, -0.1) is 0 Å². The molecule has 1 aromatic heterocycles. The highest BCUT2D eigenvalue weighted by atomic mass is 16.5. The molecule has 128 valence electrons. The van der Waals surface area contributed by atoms with Crippen LogP contribution in [-0.4, -0.2) is 35.1 Å². The predicted molar refractivity (Wildman–Crippen MR) is 93.8 cm³/mol. The minimum atomic E-state index is -1.08. The maximum absolute atomic E-state index is 11.4. The Labute approximate surface area is 145 Å². The van der Waals surface area contributed by atoms with Gasteiger partial charge in [0.05, 0.1) is 25.6 Å². The Hall–Kier alpha value is -3.28. The van der Waals surface area contributed by atoms with E-state index in [-0.39, 0.29) is 5.69 Å². The third kappa shape index (κ3) is 3.19. The zero-order valence-electron chi connectivity index (χ0n) is 14.2. The third-order valence-electron chi connectivity index (χ3n) is 3.88. The van der Waals surface area contributed by atoms with Crippen molar-refractivity contribution < 1.29 is 19.4 Å². The zero-order valence-corrected chi connectivity index (χ0v) is 14.2. The summed E-state index contributed by atoms with van der Waals surface area (Å²) < 4.78 is 12.2. The topological polar surface area (TPSA) is 73.6 Å². The van der Waals surface area contributed by atoms with E-state index in [2.05, 4.69) is 5.10 Å². The number of rotatable bonds is 5. The number of benzene rings is 2. The lowest BCUT2D eigenvalue weighted by atomic mass is 10.1. The van der Waals surface area contributed by atoms with Crippen molar-refractivity contribution in [2.24, 2.45) is 0 Å². The first-order valence-electron chi connectivity index (χ1n) is 7.66. The Bertz CT molecular complexity index is 914. The second-order valence-corrected chi connectivity index (χ2v) is 5.53. The van der Waals surface area contributed by atoms with Crippen LogP contribution >= 0.6 is 0 Å². The van der Waals surface area contributed by atoms with Crippen molar-refractivity contribution in [2.75, 3.05) is 14.2 Å². The molecule has 1 N–H and O–H groups in total. The Morgan fingerprint density at radius 1 is 1.04 bits per heavy atom. The molecule has 0 saturated heterocycles. The minimum absolute atomic E-state index is 0.0330. The summed E-state index contributed by atoms with van der Waals surface area (Å²) in [6, 6.07) is 14.5. The van der Waals surface area contributed by atoms with E-state index in [1.165, 1.54) is 0 Å². The van der Waals surface area contributed by atoms with Crippen LogP contribution in [0.1, 0.15) is 16.1 Å². The van der Waals surface area contributed by atoms with E-state index < -0.39 is 5.97 Å². The summed E-state index contributed by atoms with van der Waals surface area (Å²) in [6.07, 6.45) is 0. The molecule has 0 amide bonds. The van der Waals surface area contributed by atoms with Crippen LogP contribution < -0.4 is 9.47 Å². The highest BCUT2D eigenvalue weighted by Crippen LogP contribution is 2.33. The van der Waals surface area contributed by atoms with Gasteiger partial charge in [0.15, 0.2) is 5.69 Å². The van der Waals surface area contributed by atoms with Gasteiger partial charge in [-0.2, -0.15) is 5.10 Å². The summed E-state index contributed by atoms with van der Waals surface area (Å²) in [6.45, 7) is 1.97. The van der Waals surface area contributed by atoms with Gasteiger partial charge in [-0.25, -0.2) is 9.48 Å². The van der Waals surface area contributed by atoms with Gasteiger partial charge in [-0.1, -0.05) is 11.6 Å². The Balaban J connectivity index is 2.22. The summed E-state index contributed by atoms with van der Waals surface area (Å²) in [5.74, 6) is 0.279. The Morgan fingerprint density at radius 3 is 2.36 bits per heavy atom. The fourth-order valence-corrected chi connectivity index (χ4v) is 2.62. The number of hydrogen-bond acceptors (Lipinski definition) is 4. The number of aryl methyl sites for hydroxylation is 1. The second kappa shape index (κ2) is 6.68. The van der Waals surface area contributed by atoms with E-state index in [0.29, 0.717) is 17.2 Å². The van der Waals surface area contributed by atoms with Crippen molar-refractivity contribution in [3.8, 4) is 28.4 Å². The molecule has 2 aromatic carbocycles. The Kier molecular flexibility index (Phi) is 4.43. The smallest absolute Gasteiger partial charge is 0.356 e. The van der Waals surface area contributed by atoms with Crippen molar-refractivity contribution in [3.05, 3.63) is 59.8 Å². The molecule has 0 fully saturated rings. The molecule has 25 heavy (non-hydrogen) atoms. The van der Waals surface area contributed by atoms with E-state index in [4.69, 9.17) is 9.47 Å². The molecule has 6 heteroatoms. The molecule has 0 saturated carbocycles. The monoisotopic (exact) mass is 338 g/mol. The van der Waals surface area contributed by atoms with Crippen LogP contribution in [0.15, 0.2) is 48.5 Å². The molecule has 0 unspecified atom stereocenters. The fraction of sp³-hybridized carbons (Fsp3) is 0.158. The summed E-state index contributed by atoms with van der Waals surface area (Å²) in [5, 5.41) is 13.6. The molecule has 0 aliphatic carbocycles. The van der Waals surface area contributed by atoms with E-state index in [9.17, 15) is 9.90 Å². The molecule has 0 bridgehead atoms. The number of carboxylic acids is 1. The van der Waals surface area contributed by atoms with Crippen molar-refractivity contribution in [3.63, 3.8) is 0 Å². The molecule has 0 radical (unpaired) electrons. The first kappa shape index (κ1) is 16.6. The molecule has 6 nitrogen and oxygen atoms in total. The summed E-state index contributed by atoms with van der Waals surface area (Å²) >= 11 is 0. The van der Waals surface area contributed by atoms with Gasteiger partial charge in [0.25, 0.3) is 0 Å². The van der Waals surface area contributed by atoms with Gasteiger partial charge < -0.3 is 14.6 Å². The van der Waals surface area contributed by atoms with Crippen molar-refractivity contribution in [1.82, 2.24) is 9.78 Å². The quantitative estimate of drug-likeness (QED) is 0.770. The van der Waals surface area contributed by atoms with Crippen LogP contribution in [-0.2, 0) is 0 Å². The van der Waals surface area contributed by atoms with Gasteiger partial charge in [0.1, 0.15) is 11.5 Å². The van der Waals surface area contributed by atoms with Gasteiger partial charge in [0, 0.05) is 5.56 Å². The Morgan fingerprint density at radius 2 is 1.76 bits per heavy atom. The lowest BCUT2D eigenvalue weighted by Gasteiger charge is -2.12. The lowest BCUT2D eigenvalue weighted by molar-refractivity contribution is 0.0690. The van der Waals surface area contributed by atoms with Crippen molar-refractivity contribution >= 4 is 5.97 Å². The van der Waals surface area contributed by atoms with Gasteiger partial charge in [0.2, 0.25) is 0 Å². The number of carbonyl (C=O) groups is 1. The highest BCUT2D eigenvalue weighted by Gasteiger charge is 2.18. The molecular weight excluding hydrogens is 320 g/mol. The van der Waals surface area contributed by atoms with E-state index in [1.807, 2.05) is 37.3 Å². The van der Waals surface area contributed by atoms with Crippen LogP contribution in [0.5, 0.6) is 11.5 Å². The highest BCUT2D eigenvalue weighted by molar-refractivity contribution is 5.87. The van der Waals surface area contributed by atoms with Gasteiger partial charge in [-0.3, -0.25) is 0 Å². The van der Waals surface area contributed by atoms with Gasteiger partial charge >= 0.3 is 5.97 Å². The van der Waals surface area contributed by atoms with Crippen LogP contribution in [0, 0.1) is 6.92 Å². The molecule has 3 aromatic rings. The number of aromatic carboxylic acids is 1. The standard InChI is InChI=1S/C19H18N2O4/c1-12-4-9-18(25-3)15(10-12)17-11-16(19(22)23)20-21(17)13-5-7-14(24-2)8-6-13/h4-11H,1-3H3,(H,22,23). The average Bonchev–Trinajstić information content (AvgIpc) is 3.07. The van der Waals surface area contributed by atoms with Crippen molar-refractivity contribution in [2.45, 2.75) is 6.92 Å². The van der Waals surface area contributed by atoms with Crippen molar-refractivity contribution in [1.29, 1.82) is 0 Å². The maximum atomic E-state index is 11.4. The van der Waals surface area contributed by atoms with E-state index >= 15 is 0 Å². The molecule has 0 spiro atoms. The third-order valence-corrected chi connectivity index (χ3v) is 3.88. The maximum Gasteiger partial charge on any atom is 0.356 e. The molecular formula is C19H18N2O4.